The molecule has 0 bridgehead atoms. The normalized spacial score (nSPS) is 16.6. The number of carboxylic acids is 1. The molecule has 2 N–H and O–H groups in total. The number of benzene rings is 2. The van der Waals surface area contributed by atoms with E-state index in [4.69, 9.17) is 9.84 Å². The molecule has 0 saturated heterocycles. The van der Waals surface area contributed by atoms with Crippen molar-refractivity contribution in [1.29, 1.82) is 0 Å². The molecule has 1 unspecified atom stereocenters. The highest BCUT2D eigenvalue weighted by atomic mass is 19.1. The van der Waals surface area contributed by atoms with E-state index in [0.29, 0.717) is 16.9 Å². The SMILES string of the molecule is COC(=O)C1=C(C)N(c2ccc(C(=O)O)cc2)C(=O)NC1c1cccc(F)c1. The van der Waals surface area contributed by atoms with Crippen molar-refractivity contribution in [2.24, 2.45) is 0 Å². The first-order chi connectivity index (χ1) is 13.3. The molecule has 0 radical (unpaired) electrons. The van der Waals surface area contributed by atoms with Crippen molar-refractivity contribution in [1.82, 2.24) is 5.32 Å². The Morgan fingerprint density at radius 1 is 1.18 bits per heavy atom. The number of allylic oxidation sites excluding steroid dienone is 1. The van der Waals surface area contributed by atoms with Crippen LogP contribution in [0, 0.1) is 5.82 Å². The van der Waals surface area contributed by atoms with Crippen LogP contribution < -0.4 is 10.2 Å². The van der Waals surface area contributed by atoms with Gasteiger partial charge in [0.2, 0.25) is 0 Å². The van der Waals surface area contributed by atoms with Crippen molar-refractivity contribution in [2.75, 3.05) is 12.0 Å². The zero-order chi connectivity index (χ0) is 20.4. The van der Waals surface area contributed by atoms with Crippen LogP contribution in [0.15, 0.2) is 59.8 Å². The lowest BCUT2D eigenvalue weighted by Gasteiger charge is -2.35. The molecule has 0 aromatic heterocycles. The fourth-order valence-corrected chi connectivity index (χ4v) is 3.12. The van der Waals surface area contributed by atoms with Gasteiger partial charge in [0.05, 0.1) is 30.0 Å². The summed E-state index contributed by atoms with van der Waals surface area (Å²) >= 11 is 0. The Labute approximate surface area is 160 Å². The van der Waals surface area contributed by atoms with E-state index in [1.54, 1.807) is 13.0 Å². The van der Waals surface area contributed by atoms with Crippen molar-refractivity contribution < 1.29 is 28.6 Å². The number of aromatic carboxylic acids is 1. The quantitative estimate of drug-likeness (QED) is 0.789. The number of hydrogen-bond acceptors (Lipinski definition) is 4. The maximum atomic E-state index is 13.7. The number of nitrogens with one attached hydrogen (secondary N) is 1. The van der Waals surface area contributed by atoms with Crippen LogP contribution in [0.25, 0.3) is 0 Å². The summed E-state index contributed by atoms with van der Waals surface area (Å²) in [4.78, 5) is 37.5. The van der Waals surface area contributed by atoms with Gasteiger partial charge in [-0.2, -0.15) is 0 Å². The molecular weight excluding hydrogens is 367 g/mol. The summed E-state index contributed by atoms with van der Waals surface area (Å²) in [5, 5.41) is 11.7. The molecule has 144 valence electrons. The molecule has 1 atom stereocenters. The second kappa shape index (κ2) is 7.51. The standard InChI is InChI=1S/C20H17FN2O5/c1-11-16(19(26)28-2)17(13-4-3-5-14(21)10-13)22-20(27)23(11)15-8-6-12(7-9-15)18(24)25/h3-10,17H,1-2H3,(H,22,27)(H,24,25). The summed E-state index contributed by atoms with van der Waals surface area (Å²) in [6.45, 7) is 1.57. The van der Waals surface area contributed by atoms with E-state index in [0.717, 1.165) is 0 Å². The number of methoxy groups -OCH3 is 1. The smallest absolute Gasteiger partial charge is 0.337 e. The maximum absolute atomic E-state index is 13.7. The first-order valence-corrected chi connectivity index (χ1v) is 8.32. The van der Waals surface area contributed by atoms with Crippen LogP contribution in [0.2, 0.25) is 0 Å². The molecule has 1 aliphatic rings. The number of carboxylic acid groups (broad SMARTS) is 1. The minimum atomic E-state index is -1.09. The summed E-state index contributed by atoms with van der Waals surface area (Å²) < 4.78 is 18.5. The van der Waals surface area contributed by atoms with Crippen LogP contribution in [0.1, 0.15) is 28.9 Å². The number of urea groups is 1. The van der Waals surface area contributed by atoms with Crippen molar-refractivity contribution in [3.63, 3.8) is 0 Å². The second-order valence-corrected chi connectivity index (χ2v) is 6.12. The van der Waals surface area contributed by atoms with E-state index in [9.17, 15) is 18.8 Å². The predicted molar refractivity (Wildman–Crippen MR) is 98.3 cm³/mol. The van der Waals surface area contributed by atoms with E-state index >= 15 is 0 Å². The number of esters is 1. The molecule has 0 aliphatic carbocycles. The van der Waals surface area contributed by atoms with E-state index in [-0.39, 0.29) is 11.1 Å². The van der Waals surface area contributed by atoms with Gasteiger partial charge in [0.1, 0.15) is 5.82 Å². The molecule has 1 heterocycles. The lowest BCUT2D eigenvalue weighted by molar-refractivity contribution is -0.136. The number of nitrogens with zero attached hydrogens (tertiary/aromatic N) is 1. The van der Waals surface area contributed by atoms with Gasteiger partial charge in [-0.05, 0) is 48.9 Å². The highest BCUT2D eigenvalue weighted by Crippen LogP contribution is 2.34. The van der Waals surface area contributed by atoms with E-state index in [1.165, 1.54) is 54.5 Å². The number of rotatable bonds is 4. The van der Waals surface area contributed by atoms with E-state index in [1.807, 2.05) is 0 Å². The highest BCUT2D eigenvalue weighted by Gasteiger charge is 2.37. The third-order valence-electron chi connectivity index (χ3n) is 4.44. The average Bonchev–Trinajstić information content (AvgIpc) is 2.67. The third-order valence-corrected chi connectivity index (χ3v) is 4.44. The van der Waals surface area contributed by atoms with Gasteiger partial charge in [-0.15, -0.1) is 0 Å². The van der Waals surface area contributed by atoms with Gasteiger partial charge in [0.25, 0.3) is 0 Å². The average molecular weight is 384 g/mol. The Hall–Kier alpha value is -3.68. The fraction of sp³-hybridized carbons (Fsp3) is 0.150. The minimum Gasteiger partial charge on any atom is -0.478 e. The van der Waals surface area contributed by atoms with E-state index in [2.05, 4.69) is 5.32 Å². The van der Waals surface area contributed by atoms with Gasteiger partial charge >= 0.3 is 18.0 Å². The predicted octanol–water partition coefficient (Wildman–Crippen LogP) is 3.24. The summed E-state index contributed by atoms with van der Waals surface area (Å²) in [5.41, 5.74) is 1.28. The van der Waals surface area contributed by atoms with Gasteiger partial charge in [-0.3, -0.25) is 4.90 Å². The van der Waals surface area contributed by atoms with Gasteiger partial charge < -0.3 is 15.2 Å². The van der Waals surface area contributed by atoms with Gasteiger partial charge in [0, 0.05) is 5.70 Å². The molecule has 2 aromatic carbocycles. The molecular formula is C20H17FN2O5. The second-order valence-electron chi connectivity index (χ2n) is 6.12. The van der Waals surface area contributed by atoms with Crippen LogP contribution in [0.5, 0.6) is 0 Å². The van der Waals surface area contributed by atoms with Crippen molar-refractivity contribution in [3.05, 3.63) is 76.7 Å². The molecule has 28 heavy (non-hydrogen) atoms. The molecule has 8 heteroatoms. The van der Waals surface area contributed by atoms with Crippen LogP contribution in [-0.2, 0) is 9.53 Å². The molecule has 1 aliphatic heterocycles. The number of hydrogen-bond donors (Lipinski definition) is 2. The molecule has 7 nitrogen and oxygen atoms in total. The Balaban J connectivity index is 2.10. The molecule has 0 saturated carbocycles. The van der Waals surface area contributed by atoms with Crippen molar-refractivity contribution >= 4 is 23.7 Å². The Morgan fingerprint density at radius 3 is 2.43 bits per heavy atom. The number of carbonyl (C=O) groups excluding carboxylic acids is 2. The zero-order valence-electron chi connectivity index (χ0n) is 15.1. The van der Waals surface area contributed by atoms with Crippen molar-refractivity contribution in [3.8, 4) is 0 Å². The monoisotopic (exact) mass is 384 g/mol. The van der Waals surface area contributed by atoms with Crippen LogP contribution >= 0.6 is 0 Å². The summed E-state index contributed by atoms with van der Waals surface area (Å²) in [6.07, 6.45) is 0. The Bertz CT molecular complexity index is 984. The minimum absolute atomic E-state index is 0.0635. The molecule has 2 amide bonds. The molecule has 3 rings (SSSR count). The number of halogens is 1. The summed E-state index contributed by atoms with van der Waals surface area (Å²) in [7, 11) is 1.22. The lowest BCUT2D eigenvalue weighted by atomic mass is 9.94. The first kappa shape index (κ1) is 19.1. The van der Waals surface area contributed by atoms with Gasteiger partial charge in [-0.1, -0.05) is 12.1 Å². The highest BCUT2D eigenvalue weighted by molar-refractivity contribution is 6.03. The van der Waals surface area contributed by atoms with E-state index < -0.39 is 29.8 Å². The van der Waals surface area contributed by atoms with Crippen LogP contribution in [0.4, 0.5) is 14.9 Å². The largest absolute Gasteiger partial charge is 0.478 e. The van der Waals surface area contributed by atoms with Gasteiger partial charge in [0.15, 0.2) is 0 Å². The number of amides is 2. The van der Waals surface area contributed by atoms with Crippen LogP contribution in [-0.4, -0.2) is 30.2 Å². The summed E-state index contributed by atoms with van der Waals surface area (Å²) in [5.74, 6) is -2.26. The maximum Gasteiger partial charge on any atom is 0.337 e. The number of anilines is 1. The molecule has 0 fully saturated rings. The Morgan fingerprint density at radius 2 is 1.86 bits per heavy atom. The summed E-state index contributed by atoms with van der Waals surface area (Å²) in [6, 6.07) is 9.79. The topological polar surface area (TPSA) is 95.9 Å². The molecule has 2 aromatic rings. The first-order valence-electron chi connectivity index (χ1n) is 8.32. The zero-order valence-corrected chi connectivity index (χ0v) is 15.1. The van der Waals surface area contributed by atoms with Crippen LogP contribution in [0.3, 0.4) is 0 Å². The van der Waals surface area contributed by atoms with Gasteiger partial charge in [-0.25, -0.2) is 18.8 Å². The fourth-order valence-electron chi connectivity index (χ4n) is 3.12. The Kier molecular flexibility index (Phi) is 5.12. The molecule has 0 spiro atoms. The number of carbonyl (C=O) groups is 3. The lowest BCUT2D eigenvalue weighted by Crippen LogP contribution is -2.48. The van der Waals surface area contributed by atoms with Crippen molar-refractivity contribution in [2.45, 2.75) is 13.0 Å². The number of ether oxygens (including phenoxy) is 1. The third kappa shape index (κ3) is 3.44.